The first-order valence-electron chi connectivity index (χ1n) is 8.04. The van der Waals surface area contributed by atoms with Gasteiger partial charge in [-0.3, -0.25) is 9.69 Å². The Morgan fingerprint density at radius 1 is 1.43 bits per heavy atom. The van der Waals surface area contributed by atoms with Crippen LogP contribution in [0, 0.1) is 17.2 Å². The third kappa shape index (κ3) is 4.10. The Bertz CT molecular complexity index is 599. The van der Waals surface area contributed by atoms with Gasteiger partial charge in [-0.15, -0.1) is 0 Å². The van der Waals surface area contributed by atoms with Crippen LogP contribution in [0.5, 0.6) is 0 Å². The third-order valence-electron chi connectivity index (χ3n) is 4.73. The molecule has 5 nitrogen and oxygen atoms in total. The van der Waals surface area contributed by atoms with E-state index < -0.39 is 17.4 Å². The molecular formula is C18H25N3O2. The molecule has 124 valence electrons. The van der Waals surface area contributed by atoms with E-state index >= 15 is 0 Å². The lowest BCUT2D eigenvalue weighted by molar-refractivity contribution is -0.129. The number of aliphatic hydroxyl groups excluding tert-OH is 1. The molecule has 5 heteroatoms. The fraction of sp³-hybridized carbons (Fsp3) is 0.556. The maximum Gasteiger partial charge on any atom is 0.246 e. The number of nitriles is 1. The quantitative estimate of drug-likeness (QED) is 0.862. The highest BCUT2D eigenvalue weighted by atomic mass is 16.3. The molecule has 1 aromatic carbocycles. The number of hydrogen-bond donors (Lipinski definition) is 2. The van der Waals surface area contributed by atoms with Gasteiger partial charge in [0.15, 0.2) is 0 Å². The van der Waals surface area contributed by atoms with Gasteiger partial charge < -0.3 is 10.8 Å². The molecule has 1 aliphatic rings. The summed E-state index contributed by atoms with van der Waals surface area (Å²) in [6.45, 7) is 6.27. The third-order valence-corrected chi connectivity index (χ3v) is 4.73. The first kappa shape index (κ1) is 17.5. The molecule has 1 amide bonds. The Labute approximate surface area is 137 Å². The minimum Gasteiger partial charge on any atom is -0.383 e. The summed E-state index contributed by atoms with van der Waals surface area (Å²) in [4.78, 5) is 13.4. The summed E-state index contributed by atoms with van der Waals surface area (Å²) in [5.41, 5.74) is 6.88. The van der Waals surface area contributed by atoms with Crippen molar-refractivity contribution in [2.75, 3.05) is 13.1 Å². The van der Waals surface area contributed by atoms with Crippen molar-refractivity contribution in [3.63, 3.8) is 0 Å². The van der Waals surface area contributed by atoms with Crippen LogP contribution in [-0.2, 0) is 16.8 Å². The van der Waals surface area contributed by atoms with Crippen molar-refractivity contribution in [2.24, 2.45) is 11.7 Å². The van der Waals surface area contributed by atoms with Gasteiger partial charge in [-0.2, -0.15) is 5.26 Å². The standard InChI is InChI=1S/C18H25N3O2/c1-18(2,12-19)15-6-4-3-5-14(15)11-21-9-7-13(8-10-21)16(22)17(20)23/h3-6,13,16,22H,7-11H2,1-2H3,(H2,20,23). The molecule has 1 aromatic rings. The predicted octanol–water partition coefficient (Wildman–Crippen LogP) is 1.55. The van der Waals surface area contributed by atoms with Crippen LogP contribution >= 0.6 is 0 Å². The van der Waals surface area contributed by atoms with E-state index in [1.165, 1.54) is 0 Å². The maximum atomic E-state index is 11.1. The molecule has 1 aliphatic heterocycles. The average Bonchev–Trinajstić information content (AvgIpc) is 2.55. The summed E-state index contributed by atoms with van der Waals surface area (Å²) in [7, 11) is 0. The molecule has 2 rings (SSSR count). The van der Waals surface area contributed by atoms with Gasteiger partial charge in [0.05, 0.1) is 11.5 Å². The number of piperidine rings is 1. The fourth-order valence-electron chi connectivity index (χ4n) is 3.23. The van der Waals surface area contributed by atoms with Crippen molar-refractivity contribution >= 4 is 5.91 Å². The molecular weight excluding hydrogens is 290 g/mol. The minimum atomic E-state index is -1.04. The number of nitrogens with two attached hydrogens (primary N) is 1. The average molecular weight is 315 g/mol. The number of rotatable bonds is 5. The Morgan fingerprint density at radius 2 is 2.04 bits per heavy atom. The summed E-state index contributed by atoms with van der Waals surface area (Å²) < 4.78 is 0. The summed E-state index contributed by atoms with van der Waals surface area (Å²) in [6, 6.07) is 10.4. The lowest BCUT2D eigenvalue weighted by atomic mass is 9.83. The topological polar surface area (TPSA) is 90.3 Å². The second-order valence-corrected chi connectivity index (χ2v) is 6.85. The molecule has 0 spiro atoms. The number of amides is 1. The number of carbonyl (C=O) groups excluding carboxylic acids is 1. The molecule has 0 aliphatic carbocycles. The van der Waals surface area contributed by atoms with Crippen molar-refractivity contribution in [1.29, 1.82) is 5.26 Å². The lowest BCUT2D eigenvalue weighted by Crippen LogP contribution is -2.42. The van der Waals surface area contributed by atoms with Gasteiger partial charge in [0.1, 0.15) is 6.10 Å². The Hall–Kier alpha value is -1.90. The largest absolute Gasteiger partial charge is 0.383 e. The molecule has 0 bridgehead atoms. The molecule has 1 atom stereocenters. The number of nitrogens with zero attached hydrogens (tertiary/aromatic N) is 2. The fourth-order valence-corrected chi connectivity index (χ4v) is 3.23. The van der Waals surface area contributed by atoms with E-state index in [-0.39, 0.29) is 5.92 Å². The van der Waals surface area contributed by atoms with Crippen molar-refractivity contribution in [2.45, 2.75) is 44.8 Å². The number of likely N-dealkylation sites (tertiary alicyclic amines) is 1. The van der Waals surface area contributed by atoms with Crippen LogP contribution in [0.15, 0.2) is 24.3 Å². The second kappa shape index (κ2) is 7.12. The van der Waals surface area contributed by atoms with Crippen molar-refractivity contribution in [1.82, 2.24) is 4.90 Å². The highest BCUT2D eigenvalue weighted by Crippen LogP contribution is 2.28. The zero-order valence-electron chi connectivity index (χ0n) is 13.8. The second-order valence-electron chi connectivity index (χ2n) is 6.85. The zero-order chi connectivity index (χ0) is 17.0. The predicted molar refractivity (Wildman–Crippen MR) is 88.3 cm³/mol. The van der Waals surface area contributed by atoms with E-state index in [0.717, 1.165) is 43.6 Å². The summed E-state index contributed by atoms with van der Waals surface area (Å²) in [5.74, 6) is -0.681. The molecule has 0 aromatic heterocycles. The summed E-state index contributed by atoms with van der Waals surface area (Å²) >= 11 is 0. The van der Waals surface area contributed by atoms with E-state index in [1.807, 2.05) is 32.0 Å². The number of hydrogen-bond acceptors (Lipinski definition) is 4. The van der Waals surface area contributed by atoms with Crippen LogP contribution in [0.25, 0.3) is 0 Å². The molecule has 3 N–H and O–H groups in total. The Kier molecular flexibility index (Phi) is 5.40. The molecule has 1 fully saturated rings. The molecule has 23 heavy (non-hydrogen) atoms. The van der Waals surface area contributed by atoms with Gasteiger partial charge in [0.2, 0.25) is 5.91 Å². The Morgan fingerprint density at radius 3 is 2.61 bits per heavy atom. The van der Waals surface area contributed by atoms with Crippen LogP contribution in [-0.4, -0.2) is 35.1 Å². The minimum absolute atomic E-state index is 0.0467. The van der Waals surface area contributed by atoms with Gasteiger partial charge >= 0.3 is 0 Å². The maximum absolute atomic E-state index is 11.1. The normalized spacial score (nSPS) is 18.3. The Balaban J connectivity index is 2.03. The number of carbonyl (C=O) groups is 1. The van der Waals surface area contributed by atoms with Crippen molar-refractivity contribution in [3.05, 3.63) is 35.4 Å². The van der Waals surface area contributed by atoms with Gasteiger partial charge in [0, 0.05) is 6.54 Å². The highest BCUT2D eigenvalue weighted by Gasteiger charge is 2.29. The first-order chi connectivity index (χ1) is 10.8. The van der Waals surface area contributed by atoms with E-state index in [0.29, 0.717) is 0 Å². The SMILES string of the molecule is CC(C)(C#N)c1ccccc1CN1CCC(C(O)C(N)=O)CC1. The molecule has 1 saturated heterocycles. The van der Waals surface area contributed by atoms with E-state index in [9.17, 15) is 15.2 Å². The zero-order valence-corrected chi connectivity index (χ0v) is 13.8. The number of benzene rings is 1. The van der Waals surface area contributed by atoms with Crippen LogP contribution in [0.4, 0.5) is 0 Å². The lowest BCUT2D eigenvalue weighted by Gasteiger charge is -2.34. The van der Waals surface area contributed by atoms with Crippen LogP contribution in [0.3, 0.4) is 0 Å². The van der Waals surface area contributed by atoms with Gasteiger partial charge in [-0.25, -0.2) is 0 Å². The van der Waals surface area contributed by atoms with Crippen LogP contribution in [0.1, 0.15) is 37.8 Å². The monoisotopic (exact) mass is 315 g/mol. The summed E-state index contributed by atoms with van der Waals surface area (Å²) in [5, 5.41) is 19.2. The molecule has 1 heterocycles. The molecule has 0 saturated carbocycles. The van der Waals surface area contributed by atoms with E-state index in [2.05, 4.69) is 17.0 Å². The molecule has 1 unspecified atom stereocenters. The van der Waals surface area contributed by atoms with Crippen LogP contribution in [0.2, 0.25) is 0 Å². The molecule has 0 radical (unpaired) electrons. The van der Waals surface area contributed by atoms with Crippen LogP contribution < -0.4 is 5.73 Å². The van der Waals surface area contributed by atoms with E-state index in [1.54, 1.807) is 0 Å². The van der Waals surface area contributed by atoms with Gasteiger partial charge in [0.25, 0.3) is 0 Å². The highest BCUT2D eigenvalue weighted by molar-refractivity contribution is 5.78. The van der Waals surface area contributed by atoms with Gasteiger partial charge in [-0.1, -0.05) is 24.3 Å². The summed E-state index contributed by atoms with van der Waals surface area (Å²) in [6.07, 6.45) is 0.476. The number of aliphatic hydroxyl groups is 1. The van der Waals surface area contributed by atoms with Crippen molar-refractivity contribution < 1.29 is 9.90 Å². The van der Waals surface area contributed by atoms with Crippen molar-refractivity contribution in [3.8, 4) is 6.07 Å². The number of primary amides is 1. The smallest absolute Gasteiger partial charge is 0.246 e. The van der Waals surface area contributed by atoms with Gasteiger partial charge in [-0.05, 0) is 56.8 Å². The first-order valence-corrected chi connectivity index (χ1v) is 8.04. The van der Waals surface area contributed by atoms with E-state index in [4.69, 9.17) is 5.73 Å².